The molecular formula is C28H29Cl2NO4. The Morgan fingerprint density at radius 1 is 1.09 bits per heavy atom. The summed E-state index contributed by atoms with van der Waals surface area (Å²) < 4.78 is 6.57. The number of likely N-dealkylation sites (tertiary alicyclic amines) is 1. The number of carboxylic acids is 1. The van der Waals surface area contributed by atoms with Crippen molar-refractivity contribution in [2.24, 2.45) is 0 Å². The van der Waals surface area contributed by atoms with Gasteiger partial charge in [-0.25, -0.2) is 4.79 Å². The van der Waals surface area contributed by atoms with Crippen molar-refractivity contribution in [3.63, 3.8) is 0 Å². The van der Waals surface area contributed by atoms with E-state index in [0.717, 1.165) is 41.6 Å². The van der Waals surface area contributed by atoms with E-state index in [-0.39, 0.29) is 24.3 Å². The zero-order valence-corrected chi connectivity index (χ0v) is 21.0. The molecule has 3 aromatic carbocycles. The number of benzene rings is 3. The van der Waals surface area contributed by atoms with Gasteiger partial charge in [0.15, 0.2) is 0 Å². The predicted molar refractivity (Wildman–Crippen MR) is 138 cm³/mol. The van der Waals surface area contributed by atoms with Crippen LogP contribution in [0.5, 0.6) is 0 Å². The molecule has 184 valence electrons. The Kier molecular flexibility index (Phi) is 8.47. The maximum atomic E-state index is 11.4. The van der Waals surface area contributed by atoms with Gasteiger partial charge in [0.05, 0.1) is 24.3 Å². The summed E-state index contributed by atoms with van der Waals surface area (Å²) >= 11 is 12.4. The molecule has 0 unspecified atom stereocenters. The van der Waals surface area contributed by atoms with Crippen LogP contribution in [0.4, 0.5) is 0 Å². The highest BCUT2D eigenvalue weighted by Gasteiger charge is 2.35. The number of aromatic carboxylic acids is 1. The summed E-state index contributed by atoms with van der Waals surface area (Å²) in [7, 11) is 0. The summed E-state index contributed by atoms with van der Waals surface area (Å²) in [5, 5.41) is 20.5. The van der Waals surface area contributed by atoms with Crippen molar-refractivity contribution in [2.75, 3.05) is 13.2 Å². The fourth-order valence-corrected chi connectivity index (χ4v) is 5.39. The number of ether oxygens (including phenoxy) is 1. The maximum absolute atomic E-state index is 11.4. The van der Waals surface area contributed by atoms with Gasteiger partial charge in [0, 0.05) is 16.6 Å². The van der Waals surface area contributed by atoms with E-state index < -0.39 is 12.1 Å². The topological polar surface area (TPSA) is 70.0 Å². The molecule has 2 N–H and O–H groups in total. The van der Waals surface area contributed by atoms with E-state index in [1.807, 2.05) is 31.2 Å². The molecule has 1 aliphatic heterocycles. The smallest absolute Gasteiger partial charge is 0.335 e. The van der Waals surface area contributed by atoms with Crippen LogP contribution in [0.3, 0.4) is 0 Å². The Morgan fingerprint density at radius 2 is 1.80 bits per heavy atom. The number of hydrogen-bond donors (Lipinski definition) is 2. The van der Waals surface area contributed by atoms with E-state index in [1.54, 1.807) is 30.3 Å². The fourth-order valence-electron chi connectivity index (χ4n) is 4.85. The van der Waals surface area contributed by atoms with Crippen molar-refractivity contribution in [3.05, 3.63) is 105 Å². The van der Waals surface area contributed by atoms with Gasteiger partial charge in [0.2, 0.25) is 0 Å². The predicted octanol–water partition coefficient (Wildman–Crippen LogP) is 6.46. The second kappa shape index (κ2) is 11.5. The van der Waals surface area contributed by atoms with Crippen molar-refractivity contribution in [3.8, 4) is 0 Å². The molecule has 0 amide bonds. The third kappa shape index (κ3) is 6.24. The normalized spacial score (nSPS) is 19.4. The Balaban J connectivity index is 1.63. The standard InChI is InChI=1S/C28H29Cl2NO4/c1-18-12-20(28(33)34)9-10-21(18)16-31-11-5-8-25(27(31)19-6-3-2-4-7-19)35-26(17-32)22-13-23(29)15-24(30)14-22/h2-4,6-7,9-10,12-15,25-27,32H,5,8,11,16-17H2,1H3,(H,33,34)/t25-,26+,27-/m0/s1. The minimum Gasteiger partial charge on any atom is -0.478 e. The molecule has 0 saturated carbocycles. The van der Waals surface area contributed by atoms with Crippen molar-refractivity contribution >= 4 is 29.2 Å². The number of carbonyl (C=O) groups is 1. The van der Waals surface area contributed by atoms with Crippen molar-refractivity contribution in [1.82, 2.24) is 4.90 Å². The summed E-state index contributed by atoms with van der Waals surface area (Å²) in [6.45, 7) is 3.30. The van der Waals surface area contributed by atoms with Gasteiger partial charge in [-0.1, -0.05) is 59.6 Å². The molecule has 0 aromatic heterocycles. The molecule has 3 aromatic rings. The SMILES string of the molecule is Cc1cc(C(=O)O)ccc1CN1CCC[C@H](O[C@H](CO)c2cc(Cl)cc(Cl)c2)[C@@H]1c1ccccc1. The minimum atomic E-state index is -0.926. The number of nitrogens with zero attached hydrogens (tertiary/aromatic N) is 1. The van der Waals surface area contributed by atoms with Crippen LogP contribution in [0.15, 0.2) is 66.7 Å². The first-order valence-electron chi connectivity index (χ1n) is 11.7. The lowest BCUT2D eigenvalue weighted by atomic mass is 9.91. The third-order valence-corrected chi connectivity index (χ3v) is 6.98. The fraction of sp³-hybridized carbons (Fsp3) is 0.321. The van der Waals surface area contributed by atoms with Crippen LogP contribution in [0.2, 0.25) is 10.0 Å². The number of aryl methyl sites for hydroxylation is 1. The largest absolute Gasteiger partial charge is 0.478 e. The number of halogens is 2. The summed E-state index contributed by atoms with van der Waals surface area (Å²) in [6, 6.07) is 20.7. The van der Waals surface area contributed by atoms with Crippen LogP contribution in [0.1, 0.15) is 57.6 Å². The van der Waals surface area contributed by atoms with Gasteiger partial charge in [0.1, 0.15) is 6.10 Å². The lowest BCUT2D eigenvalue weighted by molar-refractivity contribution is -0.100. The summed E-state index contributed by atoms with van der Waals surface area (Å²) in [5.41, 5.74) is 4.20. The molecule has 1 saturated heterocycles. The van der Waals surface area contributed by atoms with Gasteiger partial charge in [-0.3, -0.25) is 4.90 Å². The van der Waals surface area contributed by atoms with Gasteiger partial charge in [0.25, 0.3) is 0 Å². The Labute approximate surface area is 215 Å². The molecular weight excluding hydrogens is 485 g/mol. The molecule has 7 heteroatoms. The van der Waals surface area contributed by atoms with Crippen LogP contribution in [0, 0.1) is 6.92 Å². The van der Waals surface area contributed by atoms with E-state index in [0.29, 0.717) is 16.6 Å². The van der Waals surface area contributed by atoms with Gasteiger partial charge in [-0.2, -0.15) is 0 Å². The molecule has 0 spiro atoms. The summed E-state index contributed by atoms with van der Waals surface area (Å²) in [5.74, 6) is -0.926. The molecule has 0 aliphatic carbocycles. The van der Waals surface area contributed by atoms with E-state index in [1.165, 1.54) is 0 Å². The zero-order valence-electron chi connectivity index (χ0n) is 19.5. The second-order valence-electron chi connectivity index (χ2n) is 8.96. The molecule has 1 heterocycles. The van der Waals surface area contributed by atoms with Crippen molar-refractivity contribution in [2.45, 2.75) is 44.6 Å². The van der Waals surface area contributed by atoms with Crippen LogP contribution in [-0.4, -0.2) is 40.3 Å². The van der Waals surface area contributed by atoms with Crippen LogP contribution in [0.25, 0.3) is 0 Å². The first-order chi connectivity index (χ1) is 16.9. The Hall–Kier alpha value is -2.41. The highest BCUT2D eigenvalue weighted by atomic mass is 35.5. The molecule has 4 rings (SSSR count). The Bertz CT molecular complexity index is 1150. The molecule has 5 nitrogen and oxygen atoms in total. The van der Waals surface area contributed by atoms with Crippen molar-refractivity contribution < 1.29 is 19.7 Å². The summed E-state index contributed by atoms with van der Waals surface area (Å²) in [6.07, 6.45) is 1.06. The quantitative estimate of drug-likeness (QED) is 0.361. The first kappa shape index (κ1) is 25.7. The average molecular weight is 514 g/mol. The highest BCUT2D eigenvalue weighted by Crippen LogP contribution is 2.38. The number of hydrogen-bond acceptors (Lipinski definition) is 4. The van der Waals surface area contributed by atoms with Gasteiger partial charge >= 0.3 is 5.97 Å². The number of piperidine rings is 1. The van der Waals surface area contributed by atoms with E-state index >= 15 is 0 Å². The van der Waals surface area contributed by atoms with Gasteiger partial charge in [-0.15, -0.1) is 0 Å². The van der Waals surface area contributed by atoms with E-state index in [4.69, 9.17) is 27.9 Å². The maximum Gasteiger partial charge on any atom is 0.335 e. The van der Waals surface area contributed by atoms with Crippen LogP contribution >= 0.6 is 23.2 Å². The molecule has 1 aliphatic rings. The first-order valence-corrected chi connectivity index (χ1v) is 12.5. The monoisotopic (exact) mass is 513 g/mol. The number of rotatable bonds is 8. The zero-order chi connectivity index (χ0) is 24.9. The third-order valence-electron chi connectivity index (χ3n) is 6.55. The number of aliphatic hydroxyl groups is 1. The molecule has 0 bridgehead atoms. The lowest BCUT2D eigenvalue weighted by Crippen LogP contribution is -2.43. The van der Waals surface area contributed by atoms with Crippen LogP contribution in [-0.2, 0) is 11.3 Å². The van der Waals surface area contributed by atoms with E-state index in [9.17, 15) is 15.0 Å². The van der Waals surface area contributed by atoms with Crippen molar-refractivity contribution in [1.29, 1.82) is 0 Å². The average Bonchev–Trinajstić information content (AvgIpc) is 2.83. The van der Waals surface area contributed by atoms with Crippen LogP contribution < -0.4 is 0 Å². The highest BCUT2D eigenvalue weighted by molar-refractivity contribution is 6.34. The second-order valence-corrected chi connectivity index (χ2v) is 9.84. The molecule has 1 fully saturated rings. The van der Waals surface area contributed by atoms with Gasteiger partial charge in [-0.05, 0) is 78.9 Å². The minimum absolute atomic E-state index is 0.0350. The van der Waals surface area contributed by atoms with Gasteiger partial charge < -0.3 is 14.9 Å². The number of carboxylic acid groups (broad SMARTS) is 1. The van der Waals surface area contributed by atoms with E-state index in [2.05, 4.69) is 17.0 Å². The Morgan fingerprint density at radius 3 is 2.43 bits per heavy atom. The summed E-state index contributed by atoms with van der Waals surface area (Å²) in [4.78, 5) is 13.7. The molecule has 35 heavy (non-hydrogen) atoms. The lowest BCUT2D eigenvalue weighted by Gasteiger charge is -2.43. The number of aliphatic hydroxyl groups excluding tert-OH is 1. The molecule has 3 atom stereocenters. The molecule has 0 radical (unpaired) electrons.